The molecule has 1 aromatic carbocycles. The van der Waals surface area contributed by atoms with Crippen LogP contribution in [0.1, 0.15) is 38.2 Å². The zero-order chi connectivity index (χ0) is 19.5. The van der Waals surface area contributed by atoms with Gasteiger partial charge >= 0.3 is 0 Å². The smallest absolute Gasteiger partial charge is 0.262 e. The number of hydrazine groups is 1. The number of rotatable bonds is 6. The molecular weight excluding hydrogens is 360 g/mol. The lowest BCUT2D eigenvalue weighted by atomic mass is 10.1. The maximum absolute atomic E-state index is 11.9. The van der Waals surface area contributed by atoms with Gasteiger partial charge in [-0.25, -0.2) is 0 Å². The second kappa shape index (κ2) is 11.6. The van der Waals surface area contributed by atoms with Gasteiger partial charge in [-0.15, -0.1) is 0 Å². The van der Waals surface area contributed by atoms with Crippen LogP contribution < -0.4 is 21.1 Å². The molecule has 1 saturated heterocycles. The third-order valence-electron chi connectivity index (χ3n) is 4.38. The molecule has 1 amide bonds. The molecule has 148 valence electrons. The highest BCUT2D eigenvalue weighted by molar-refractivity contribution is 7.80. The Morgan fingerprint density at radius 1 is 1.19 bits per heavy atom. The van der Waals surface area contributed by atoms with Crippen LogP contribution in [0.15, 0.2) is 30.3 Å². The van der Waals surface area contributed by atoms with Crippen LogP contribution in [-0.4, -0.2) is 43.9 Å². The fourth-order valence-electron chi connectivity index (χ4n) is 3.01. The molecule has 1 aliphatic rings. The lowest BCUT2D eigenvalue weighted by Gasteiger charge is -2.22. The largest absolute Gasteiger partial charge is 0.383 e. The van der Waals surface area contributed by atoms with E-state index in [1.807, 2.05) is 19.1 Å². The quantitative estimate of drug-likeness (QED) is 0.394. The molecule has 0 radical (unpaired) electrons. The van der Waals surface area contributed by atoms with Crippen molar-refractivity contribution in [3.05, 3.63) is 35.9 Å². The number of hydrogen-bond donors (Lipinski definition) is 3. The van der Waals surface area contributed by atoms with E-state index >= 15 is 0 Å². The van der Waals surface area contributed by atoms with E-state index < -0.39 is 0 Å². The molecule has 1 aromatic rings. The van der Waals surface area contributed by atoms with Gasteiger partial charge in [-0.05, 0) is 55.8 Å². The van der Waals surface area contributed by atoms with Gasteiger partial charge in [0.15, 0.2) is 5.11 Å². The first-order valence-corrected chi connectivity index (χ1v) is 9.88. The predicted octanol–water partition coefficient (Wildman–Crippen LogP) is 2.61. The van der Waals surface area contributed by atoms with Gasteiger partial charge in [-0.3, -0.25) is 15.6 Å². The zero-order valence-electron chi connectivity index (χ0n) is 16.2. The van der Waals surface area contributed by atoms with Crippen LogP contribution in [0.25, 0.3) is 6.08 Å². The molecule has 1 aliphatic heterocycles. The normalized spacial score (nSPS) is 15.9. The fourth-order valence-corrected chi connectivity index (χ4v) is 3.26. The molecule has 0 aromatic heterocycles. The van der Waals surface area contributed by atoms with Crippen molar-refractivity contribution >= 4 is 35.0 Å². The number of thiocarbonyl (C=S) groups is 1. The van der Waals surface area contributed by atoms with Crippen LogP contribution in [0.4, 0.5) is 5.69 Å². The average molecular weight is 391 g/mol. The van der Waals surface area contributed by atoms with E-state index in [0.717, 1.165) is 18.7 Å². The van der Waals surface area contributed by atoms with E-state index in [9.17, 15) is 4.79 Å². The van der Waals surface area contributed by atoms with Gasteiger partial charge in [-0.2, -0.15) is 0 Å². The summed E-state index contributed by atoms with van der Waals surface area (Å²) in [6, 6.07) is 8.38. The van der Waals surface area contributed by atoms with Crippen molar-refractivity contribution in [2.45, 2.75) is 38.6 Å². The molecule has 0 spiro atoms. The molecule has 1 fully saturated rings. The van der Waals surface area contributed by atoms with E-state index in [1.165, 1.54) is 37.4 Å². The number of carbonyl (C=O) groups excluding carboxylic acids is 1. The van der Waals surface area contributed by atoms with Crippen molar-refractivity contribution in [1.29, 1.82) is 0 Å². The Labute approximate surface area is 167 Å². The number of nitrogens with zero attached hydrogens (tertiary/aromatic N) is 1. The van der Waals surface area contributed by atoms with Crippen LogP contribution in [0.2, 0.25) is 0 Å². The van der Waals surface area contributed by atoms with Crippen molar-refractivity contribution in [3.63, 3.8) is 0 Å². The molecule has 1 atom stereocenters. The van der Waals surface area contributed by atoms with Crippen molar-refractivity contribution in [1.82, 2.24) is 16.2 Å². The van der Waals surface area contributed by atoms with Gasteiger partial charge < -0.3 is 15.0 Å². The third kappa shape index (κ3) is 7.97. The standard InChI is InChI=1S/C20H30N4O2S/c1-16(15-26-2)21-20(27)23-22-19(25)12-9-17-7-10-18(11-8-17)24-13-5-3-4-6-14-24/h7-12,16H,3-6,13-15H2,1-2H3,(H,22,25)(H2,21,23,27)/b12-9+/t16-/m1/s1. The summed E-state index contributed by atoms with van der Waals surface area (Å²) in [5, 5.41) is 3.35. The minimum Gasteiger partial charge on any atom is -0.383 e. The molecule has 2 rings (SSSR count). The highest BCUT2D eigenvalue weighted by Crippen LogP contribution is 2.20. The molecular formula is C20H30N4O2S. The minimum absolute atomic E-state index is 0.0603. The molecule has 0 bridgehead atoms. The van der Waals surface area contributed by atoms with E-state index in [2.05, 4.69) is 33.2 Å². The monoisotopic (exact) mass is 390 g/mol. The van der Waals surface area contributed by atoms with Crippen molar-refractivity contribution in [2.24, 2.45) is 0 Å². The average Bonchev–Trinajstić information content (AvgIpc) is 2.95. The molecule has 0 unspecified atom stereocenters. The van der Waals surface area contributed by atoms with E-state index in [4.69, 9.17) is 17.0 Å². The van der Waals surface area contributed by atoms with Crippen LogP contribution >= 0.6 is 12.2 Å². The molecule has 3 N–H and O–H groups in total. The number of methoxy groups -OCH3 is 1. The summed E-state index contributed by atoms with van der Waals surface area (Å²) < 4.78 is 5.02. The van der Waals surface area contributed by atoms with E-state index in [1.54, 1.807) is 13.2 Å². The fraction of sp³-hybridized carbons (Fsp3) is 0.500. The Hall–Kier alpha value is -2.12. The maximum atomic E-state index is 11.9. The maximum Gasteiger partial charge on any atom is 0.262 e. The van der Waals surface area contributed by atoms with Crippen molar-refractivity contribution in [3.8, 4) is 0 Å². The Balaban J connectivity index is 1.77. The summed E-state index contributed by atoms with van der Waals surface area (Å²) in [5.74, 6) is -0.268. The van der Waals surface area contributed by atoms with E-state index in [0.29, 0.717) is 11.7 Å². The summed E-state index contributed by atoms with van der Waals surface area (Å²) in [7, 11) is 1.63. The summed E-state index contributed by atoms with van der Waals surface area (Å²) in [4.78, 5) is 14.3. The number of benzene rings is 1. The van der Waals surface area contributed by atoms with Crippen LogP contribution in [0.3, 0.4) is 0 Å². The first-order chi connectivity index (χ1) is 13.1. The van der Waals surface area contributed by atoms with Gasteiger partial charge in [0.25, 0.3) is 5.91 Å². The number of hydrogen-bond acceptors (Lipinski definition) is 4. The molecule has 1 heterocycles. The number of amides is 1. The summed E-state index contributed by atoms with van der Waals surface area (Å²) in [6.07, 6.45) is 8.43. The first-order valence-electron chi connectivity index (χ1n) is 9.47. The minimum atomic E-state index is -0.268. The molecule has 7 heteroatoms. The summed E-state index contributed by atoms with van der Waals surface area (Å²) >= 11 is 5.11. The number of nitrogens with one attached hydrogen (secondary N) is 3. The van der Waals surface area contributed by atoms with Gasteiger partial charge in [0.1, 0.15) is 0 Å². The second-order valence-electron chi connectivity index (χ2n) is 6.77. The molecule has 0 aliphatic carbocycles. The van der Waals surface area contributed by atoms with Crippen molar-refractivity contribution < 1.29 is 9.53 Å². The van der Waals surface area contributed by atoms with Crippen LogP contribution in [-0.2, 0) is 9.53 Å². The number of carbonyl (C=O) groups is 1. The first kappa shape index (κ1) is 21.2. The topological polar surface area (TPSA) is 65.6 Å². The Bertz CT molecular complexity index is 625. The third-order valence-corrected chi connectivity index (χ3v) is 4.60. The molecule has 0 saturated carbocycles. The zero-order valence-corrected chi connectivity index (χ0v) is 17.0. The highest BCUT2D eigenvalue weighted by atomic mass is 32.1. The Morgan fingerprint density at radius 3 is 2.48 bits per heavy atom. The lowest BCUT2D eigenvalue weighted by Crippen LogP contribution is -2.49. The van der Waals surface area contributed by atoms with Gasteiger partial charge in [0.05, 0.1) is 6.61 Å². The molecule has 27 heavy (non-hydrogen) atoms. The van der Waals surface area contributed by atoms with Gasteiger partial charge in [0, 0.05) is 38.0 Å². The van der Waals surface area contributed by atoms with Crippen LogP contribution in [0.5, 0.6) is 0 Å². The number of ether oxygens (including phenoxy) is 1. The summed E-state index contributed by atoms with van der Waals surface area (Å²) in [6.45, 7) is 4.72. The Kier molecular flexibility index (Phi) is 9.07. The number of anilines is 1. The van der Waals surface area contributed by atoms with E-state index in [-0.39, 0.29) is 11.9 Å². The SMILES string of the molecule is COC[C@@H](C)NC(=S)NNC(=O)/C=C/c1ccc(N2CCCCCC2)cc1. The van der Waals surface area contributed by atoms with Crippen molar-refractivity contribution in [2.75, 3.05) is 31.7 Å². The summed E-state index contributed by atoms with van der Waals surface area (Å²) in [5.41, 5.74) is 7.45. The van der Waals surface area contributed by atoms with Gasteiger partial charge in [0.2, 0.25) is 0 Å². The second-order valence-corrected chi connectivity index (χ2v) is 7.18. The van der Waals surface area contributed by atoms with Gasteiger partial charge in [-0.1, -0.05) is 25.0 Å². The lowest BCUT2D eigenvalue weighted by molar-refractivity contribution is -0.116. The van der Waals surface area contributed by atoms with Crippen LogP contribution in [0, 0.1) is 0 Å². The predicted molar refractivity (Wildman–Crippen MR) is 115 cm³/mol. The Morgan fingerprint density at radius 2 is 1.85 bits per heavy atom. The molecule has 6 nitrogen and oxygen atoms in total. The highest BCUT2D eigenvalue weighted by Gasteiger charge is 2.09.